The molecule has 2 bridgehead atoms. The van der Waals surface area contributed by atoms with Gasteiger partial charge in [0.1, 0.15) is 0 Å². The Labute approximate surface area is 122 Å². The number of aliphatic hydroxyl groups excluding tert-OH is 1. The first-order valence-electron chi connectivity index (χ1n) is 8.19. The van der Waals surface area contributed by atoms with Crippen molar-refractivity contribution in [2.75, 3.05) is 6.54 Å². The van der Waals surface area contributed by atoms with E-state index in [1.165, 1.54) is 0 Å². The van der Waals surface area contributed by atoms with Crippen LogP contribution in [0.3, 0.4) is 0 Å². The third-order valence-electron chi connectivity index (χ3n) is 4.77. The van der Waals surface area contributed by atoms with Crippen molar-refractivity contribution >= 4 is 5.91 Å². The van der Waals surface area contributed by atoms with E-state index in [-0.39, 0.29) is 18.1 Å². The van der Waals surface area contributed by atoms with E-state index in [4.69, 9.17) is 0 Å². The van der Waals surface area contributed by atoms with E-state index in [9.17, 15) is 9.90 Å². The van der Waals surface area contributed by atoms with Gasteiger partial charge in [-0.25, -0.2) is 0 Å². The number of carbonyl (C=O) groups excluding carboxylic acids is 1. The number of nitrogens with zero attached hydrogens (tertiary/aromatic N) is 1. The molecular formula is C16H30N2O2. The first kappa shape index (κ1) is 15.8. The zero-order valence-electron chi connectivity index (χ0n) is 13.1. The predicted molar refractivity (Wildman–Crippen MR) is 80.4 cm³/mol. The fraction of sp³-hybridized carbons (Fsp3) is 0.938. The van der Waals surface area contributed by atoms with Crippen LogP contribution in [0.15, 0.2) is 0 Å². The molecule has 0 aromatic heterocycles. The van der Waals surface area contributed by atoms with E-state index >= 15 is 0 Å². The number of nitrogens with one attached hydrogen (secondary N) is 1. The summed E-state index contributed by atoms with van der Waals surface area (Å²) >= 11 is 0. The molecule has 3 unspecified atom stereocenters. The van der Waals surface area contributed by atoms with Gasteiger partial charge in [0.05, 0.1) is 12.6 Å². The maximum atomic E-state index is 12.2. The molecule has 0 aromatic carbocycles. The van der Waals surface area contributed by atoms with Crippen LogP contribution in [0.5, 0.6) is 0 Å². The minimum Gasteiger partial charge on any atom is -0.393 e. The van der Waals surface area contributed by atoms with E-state index in [0.29, 0.717) is 24.5 Å². The Hall–Kier alpha value is -0.610. The zero-order valence-corrected chi connectivity index (χ0v) is 13.1. The molecule has 0 radical (unpaired) electrons. The average Bonchev–Trinajstić information content (AvgIpc) is 2.59. The van der Waals surface area contributed by atoms with Gasteiger partial charge in [-0.15, -0.1) is 0 Å². The lowest BCUT2D eigenvalue weighted by Gasteiger charge is -2.36. The summed E-state index contributed by atoms with van der Waals surface area (Å²) in [5.74, 6) is 0.836. The van der Waals surface area contributed by atoms with Gasteiger partial charge in [0, 0.05) is 18.1 Å². The number of piperidine rings is 1. The minimum absolute atomic E-state index is 0.148. The minimum atomic E-state index is -0.156. The molecule has 0 spiro atoms. The van der Waals surface area contributed by atoms with E-state index < -0.39 is 0 Å². The van der Waals surface area contributed by atoms with Gasteiger partial charge in [0.15, 0.2) is 0 Å². The molecule has 20 heavy (non-hydrogen) atoms. The average molecular weight is 282 g/mol. The van der Waals surface area contributed by atoms with Crippen LogP contribution in [0.2, 0.25) is 0 Å². The largest absolute Gasteiger partial charge is 0.393 e. The standard InChI is InChI=1S/C16H30N2O2/c1-11(2)4-5-12(3)17-16(20)10-18-13-6-7-14(18)9-15(19)8-13/h11-15,19H,4-10H2,1-3H3,(H,17,20). The maximum Gasteiger partial charge on any atom is 0.234 e. The molecule has 2 aliphatic heterocycles. The first-order valence-corrected chi connectivity index (χ1v) is 8.19. The second kappa shape index (κ2) is 6.90. The van der Waals surface area contributed by atoms with Gasteiger partial charge in [-0.1, -0.05) is 13.8 Å². The summed E-state index contributed by atoms with van der Waals surface area (Å²) in [6.45, 7) is 7.03. The third-order valence-corrected chi connectivity index (χ3v) is 4.77. The molecule has 2 saturated heterocycles. The molecule has 2 N–H and O–H groups in total. The van der Waals surface area contributed by atoms with Gasteiger partial charge in [-0.2, -0.15) is 0 Å². The van der Waals surface area contributed by atoms with Crippen LogP contribution in [0, 0.1) is 5.92 Å². The smallest absolute Gasteiger partial charge is 0.234 e. The van der Waals surface area contributed by atoms with Crippen molar-refractivity contribution in [1.82, 2.24) is 10.2 Å². The lowest BCUT2D eigenvalue weighted by molar-refractivity contribution is -0.124. The molecule has 2 fully saturated rings. The Balaban J connectivity index is 1.75. The highest BCUT2D eigenvalue weighted by atomic mass is 16.3. The van der Waals surface area contributed by atoms with E-state index in [2.05, 4.69) is 31.0 Å². The molecule has 1 amide bonds. The molecule has 4 nitrogen and oxygen atoms in total. The molecule has 2 aliphatic rings. The number of aliphatic hydroxyl groups is 1. The van der Waals surface area contributed by atoms with Crippen LogP contribution < -0.4 is 5.32 Å². The van der Waals surface area contributed by atoms with Crippen molar-refractivity contribution in [1.29, 1.82) is 0 Å². The Morgan fingerprint density at radius 3 is 2.35 bits per heavy atom. The van der Waals surface area contributed by atoms with E-state index in [1.54, 1.807) is 0 Å². The van der Waals surface area contributed by atoms with Crippen molar-refractivity contribution in [3.8, 4) is 0 Å². The summed E-state index contributed by atoms with van der Waals surface area (Å²) in [4.78, 5) is 14.5. The number of rotatable bonds is 6. The van der Waals surface area contributed by atoms with Gasteiger partial charge in [0.25, 0.3) is 0 Å². The highest BCUT2D eigenvalue weighted by molar-refractivity contribution is 5.78. The first-order chi connectivity index (χ1) is 9.45. The summed E-state index contributed by atoms with van der Waals surface area (Å²) in [5.41, 5.74) is 0. The summed E-state index contributed by atoms with van der Waals surface area (Å²) in [6, 6.07) is 1.10. The fourth-order valence-electron chi connectivity index (χ4n) is 3.65. The summed E-state index contributed by atoms with van der Waals surface area (Å²) in [5, 5.41) is 12.9. The number of fused-ring (bicyclic) bond motifs is 2. The van der Waals surface area contributed by atoms with Crippen LogP contribution in [0.1, 0.15) is 59.3 Å². The highest BCUT2D eigenvalue weighted by Gasteiger charge is 2.40. The highest BCUT2D eigenvalue weighted by Crippen LogP contribution is 2.35. The molecule has 2 rings (SSSR count). The normalized spacial score (nSPS) is 31.6. The quantitative estimate of drug-likeness (QED) is 0.782. The molecular weight excluding hydrogens is 252 g/mol. The van der Waals surface area contributed by atoms with Crippen molar-refractivity contribution in [3.05, 3.63) is 0 Å². The number of amides is 1. The van der Waals surface area contributed by atoms with E-state index in [1.807, 2.05) is 0 Å². The third kappa shape index (κ3) is 4.19. The van der Waals surface area contributed by atoms with Crippen LogP contribution in [-0.2, 0) is 4.79 Å². The van der Waals surface area contributed by atoms with Crippen molar-refractivity contribution < 1.29 is 9.90 Å². The lowest BCUT2D eigenvalue weighted by atomic mass is 10.00. The SMILES string of the molecule is CC(C)CCC(C)NC(=O)CN1C2CCC1CC(O)C2. The number of carbonyl (C=O) groups is 1. The molecule has 3 atom stereocenters. The Kier molecular flexibility index (Phi) is 5.44. The van der Waals surface area contributed by atoms with Crippen molar-refractivity contribution in [2.24, 2.45) is 5.92 Å². The van der Waals surface area contributed by atoms with Crippen LogP contribution in [0.4, 0.5) is 0 Å². The number of hydrogen-bond acceptors (Lipinski definition) is 3. The Morgan fingerprint density at radius 2 is 1.80 bits per heavy atom. The molecule has 0 aromatic rings. The van der Waals surface area contributed by atoms with Crippen molar-refractivity contribution in [2.45, 2.75) is 83.5 Å². The van der Waals surface area contributed by atoms with Gasteiger partial charge in [-0.05, 0) is 51.4 Å². The van der Waals surface area contributed by atoms with Crippen LogP contribution in [0.25, 0.3) is 0 Å². The molecule has 116 valence electrons. The molecule has 2 heterocycles. The van der Waals surface area contributed by atoms with E-state index in [0.717, 1.165) is 38.5 Å². The Bertz CT molecular complexity index is 318. The van der Waals surface area contributed by atoms with Crippen LogP contribution in [-0.4, -0.2) is 46.7 Å². The fourth-order valence-corrected chi connectivity index (χ4v) is 3.65. The maximum absolute atomic E-state index is 12.2. The second-order valence-electron chi connectivity index (χ2n) is 7.12. The molecule has 0 saturated carbocycles. The van der Waals surface area contributed by atoms with Crippen LogP contribution >= 0.6 is 0 Å². The topological polar surface area (TPSA) is 52.6 Å². The predicted octanol–water partition coefficient (Wildman–Crippen LogP) is 1.91. The second-order valence-corrected chi connectivity index (χ2v) is 7.12. The lowest BCUT2D eigenvalue weighted by Crippen LogP contribution is -2.50. The number of hydrogen-bond donors (Lipinski definition) is 2. The Morgan fingerprint density at radius 1 is 1.20 bits per heavy atom. The van der Waals surface area contributed by atoms with Crippen molar-refractivity contribution in [3.63, 3.8) is 0 Å². The zero-order chi connectivity index (χ0) is 14.7. The summed E-state index contributed by atoms with van der Waals surface area (Å²) in [7, 11) is 0. The monoisotopic (exact) mass is 282 g/mol. The summed E-state index contributed by atoms with van der Waals surface area (Å²) in [6.07, 6.45) is 6.00. The van der Waals surface area contributed by atoms with Gasteiger partial charge >= 0.3 is 0 Å². The van der Waals surface area contributed by atoms with Gasteiger partial charge < -0.3 is 10.4 Å². The molecule has 4 heteroatoms. The molecule has 0 aliphatic carbocycles. The van der Waals surface area contributed by atoms with Gasteiger partial charge in [0.2, 0.25) is 5.91 Å². The van der Waals surface area contributed by atoms with Gasteiger partial charge in [-0.3, -0.25) is 9.69 Å². The summed E-state index contributed by atoms with van der Waals surface area (Å²) < 4.78 is 0.